The molecule has 29 heavy (non-hydrogen) atoms. The first-order chi connectivity index (χ1) is 13.9. The molecule has 1 aromatic carbocycles. The molecular weight excluding hydrogens is 374 g/mol. The highest BCUT2D eigenvalue weighted by atomic mass is 16.2. The first kappa shape index (κ1) is 22.3. The summed E-state index contributed by atoms with van der Waals surface area (Å²) in [4.78, 5) is 60.8. The van der Waals surface area contributed by atoms with Gasteiger partial charge in [0.15, 0.2) is 6.29 Å². The van der Waals surface area contributed by atoms with E-state index < -0.39 is 5.91 Å². The van der Waals surface area contributed by atoms with E-state index in [-0.39, 0.29) is 24.3 Å². The molecule has 0 saturated carbocycles. The molecule has 1 aromatic rings. The molecule has 156 valence electrons. The van der Waals surface area contributed by atoms with Crippen molar-refractivity contribution >= 4 is 36.5 Å². The minimum absolute atomic E-state index is 0.0741. The Bertz CT molecular complexity index is 772. The summed E-state index contributed by atoms with van der Waals surface area (Å²) in [5, 5.41) is 2.07. The van der Waals surface area contributed by atoms with Crippen molar-refractivity contribution < 1.29 is 24.0 Å². The number of benzene rings is 1. The van der Waals surface area contributed by atoms with Crippen molar-refractivity contribution in [3.05, 3.63) is 29.3 Å². The lowest BCUT2D eigenvalue weighted by atomic mass is 9.97. The standard InChI is InChI=1S/C21H27N3O5/c1-15(3-6-20(28)22-14-27)23(2)21(29)19-11-18(5-4-17(19)13-26)24-9-7-16(12-25)8-10-24/h4-5,11-16H,3,6-10H2,1-2H3,(H,22,27,28). The summed E-state index contributed by atoms with van der Waals surface area (Å²) < 4.78 is 0. The summed E-state index contributed by atoms with van der Waals surface area (Å²) in [6.45, 7) is 3.24. The molecule has 1 unspecified atom stereocenters. The lowest BCUT2D eigenvalue weighted by Crippen LogP contribution is -2.37. The maximum absolute atomic E-state index is 13.0. The predicted octanol–water partition coefficient (Wildman–Crippen LogP) is 1.43. The highest BCUT2D eigenvalue weighted by Crippen LogP contribution is 2.25. The first-order valence-corrected chi connectivity index (χ1v) is 9.70. The minimum Gasteiger partial charge on any atom is -0.371 e. The number of piperidine rings is 1. The van der Waals surface area contributed by atoms with Crippen LogP contribution in [-0.2, 0) is 14.4 Å². The van der Waals surface area contributed by atoms with Crippen molar-refractivity contribution in [3.63, 3.8) is 0 Å². The molecule has 1 heterocycles. The van der Waals surface area contributed by atoms with Crippen LogP contribution in [0.15, 0.2) is 18.2 Å². The summed E-state index contributed by atoms with van der Waals surface area (Å²) in [7, 11) is 1.63. The molecule has 1 fully saturated rings. The van der Waals surface area contributed by atoms with Crippen LogP contribution in [0.3, 0.4) is 0 Å². The second-order valence-corrected chi connectivity index (χ2v) is 7.34. The van der Waals surface area contributed by atoms with Gasteiger partial charge in [0.05, 0.1) is 5.56 Å². The average Bonchev–Trinajstić information content (AvgIpc) is 2.76. The van der Waals surface area contributed by atoms with Crippen LogP contribution in [0.25, 0.3) is 0 Å². The fraction of sp³-hybridized carbons (Fsp3) is 0.476. The van der Waals surface area contributed by atoms with E-state index in [1.165, 1.54) is 4.90 Å². The molecule has 0 aliphatic carbocycles. The van der Waals surface area contributed by atoms with Crippen LogP contribution < -0.4 is 10.2 Å². The number of carbonyl (C=O) groups is 5. The van der Waals surface area contributed by atoms with Crippen molar-refractivity contribution in [1.29, 1.82) is 0 Å². The Kier molecular flexibility index (Phi) is 8.06. The first-order valence-electron chi connectivity index (χ1n) is 9.70. The van der Waals surface area contributed by atoms with Gasteiger partial charge in [-0.15, -0.1) is 0 Å². The average molecular weight is 401 g/mol. The molecule has 3 amide bonds. The van der Waals surface area contributed by atoms with E-state index in [9.17, 15) is 24.0 Å². The summed E-state index contributed by atoms with van der Waals surface area (Å²) >= 11 is 0. The maximum atomic E-state index is 13.0. The molecule has 1 saturated heterocycles. The van der Waals surface area contributed by atoms with E-state index >= 15 is 0 Å². The van der Waals surface area contributed by atoms with Gasteiger partial charge in [0.25, 0.3) is 5.91 Å². The molecule has 1 atom stereocenters. The highest BCUT2D eigenvalue weighted by Gasteiger charge is 2.24. The number of nitrogens with zero attached hydrogens (tertiary/aromatic N) is 2. The second kappa shape index (κ2) is 10.5. The van der Waals surface area contributed by atoms with E-state index in [1.807, 2.05) is 6.07 Å². The Morgan fingerprint density at radius 1 is 1.24 bits per heavy atom. The molecule has 8 heteroatoms. The van der Waals surface area contributed by atoms with E-state index in [0.29, 0.717) is 30.2 Å². The third kappa shape index (κ3) is 5.73. The minimum atomic E-state index is -0.401. The van der Waals surface area contributed by atoms with Crippen LogP contribution in [0.5, 0.6) is 0 Å². The quantitative estimate of drug-likeness (QED) is 0.628. The maximum Gasteiger partial charge on any atom is 0.254 e. The third-order valence-electron chi connectivity index (χ3n) is 5.48. The Labute approximate surface area is 170 Å². The topological polar surface area (TPSA) is 104 Å². The van der Waals surface area contributed by atoms with Crippen LogP contribution in [0, 0.1) is 5.92 Å². The van der Waals surface area contributed by atoms with Gasteiger partial charge < -0.3 is 14.6 Å². The second-order valence-electron chi connectivity index (χ2n) is 7.34. The van der Waals surface area contributed by atoms with Gasteiger partial charge in [-0.05, 0) is 44.4 Å². The van der Waals surface area contributed by atoms with Crippen molar-refractivity contribution in [2.45, 2.75) is 38.6 Å². The van der Waals surface area contributed by atoms with Gasteiger partial charge in [-0.25, -0.2) is 0 Å². The van der Waals surface area contributed by atoms with Gasteiger partial charge >= 0.3 is 0 Å². The number of imide groups is 1. The SMILES string of the molecule is CC(CCC(=O)NC=O)N(C)C(=O)c1cc(N2CCC(C=O)CC2)ccc1C=O. The van der Waals surface area contributed by atoms with Crippen LogP contribution in [0.4, 0.5) is 5.69 Å². The number of amides is 3. The lowest BCUT2D eigenvalue weighted by molar-refractivity contribution is -0.125. The van der Waals surface area contributed by atoms with E-state index in [4.69, 9.17) is 0 Å². The summed E-state index contributed by atoms with van der Waals surface area (Å²) in [5.41, 5.74) is 1.45. The molecule has 0 bridgehead atoms. The Morgan fingerprint density at radius 3 is 2.52 bits per heavy atom. The molecule has 1 aliphatic heterocycles. The Morgan fingerprint density at radius 2 is 1.93 bits per heavy atom. The van der Waals surface area contributed by atoms with E-state index in [0.717, 1.165) is 37.9 Å². The monoisotopic (exact) mass is 401 g/mol. The van der Waals surface area contributed by atoms with Gasteiger partial charge in [-0.3, -0.25) is 24.5 Å². The summed E-state index contributed by atoms with van der Waals surface area (Å²) in [6, 6.07) is 4.91. The third-order valence-corrected chi connectivity index (χ3v) is 5.48. The summed E-state index contributed by atoms with van der Waals surface area (Å²) in [5.74, 6) is -0.632. The van der Waals surface area contributed by atoms with Crippen molar-refractivity contribution in [3.8, 4) is 0 Å². The fourth-order valence-corrected chi connectivity index (χ4v) is 3.38. The van der Waals surface area contributed by atoms with Gasteiger partial charge in [-0.2, -0.15) is 0 Å². The number of rotatable bonds is 9. The zero-order valence-electron chi connectivity index (χ0n) is 16.8. The van der Waals surface area contributed by atoms with Crippen LogP contribution in [0.1, 0.15) is 53.3 Å². The number of aldehydes is 2. The van der Waals surface area contributed by atoms with E-state index in [2.05, 4.69) is 10.2 Å². The van der Waals surface area contributed by atoms with Crippen LogP contribution in [0.2, 0.25) is 0 Å². The van der Waals surface area contributed by atoms with Gasteiger partial charge in [0, 0.05) is 49.8 Å². The number of nitrogens with one attached hydrogen (secondary N) is 1. The van der Waals surface area contributed by atoms with Gasteiger partial charge in [0.2, 0.25) is 12.3 Å². The van der Waals surface area contributed by atoms with Crippen molar-refractivity contribution in [1.82, 2.24) is 10.2 Å². The lowest BCUT2D eigenvalue weighted by Gasteiger charge is -2.32. The Hall–Kier alpha value is -3.03. The zero-order chi connectivity index (χ0) is 21.4. The van der Waals surface area contributed by atoms with Gasteiger partial charge in [-0.1, -0.05) is 0 Å². The molecular formula is C21H27N3O5. The molecule has 2 rings (SSSR count). The number of hydrogen-bond donors (Lipinski definition) is 1. The molecule has 0 radical (unpaired) electrons. The molecule has 8 nitrogen and oxygen atoms in total. The normalized spacial score (nSPS) is 15.3. The smallest absolute Gasteiger partial charge is 0.254 e. The number of hydrogen-bond acceptors (Lipinski definition) is 6. The van der Waals surface area contributed by atoms with Crippen molar-refractivity contribution in [2.24, 2.45) is 5.92 Å². The molecule has 1 aliphatic rings. The largest absolute Gasteiger partial charge is 0.371 e. The zero-order valence-corrected chi connectivity index (χ0v) is 16.8. The fourth-order valence-electron chi connectivity index (χ4n) is 3.38. The predicted molar refractivity (Wildman–Crippen MR) is 108 cm³/mol. The van der Waals surface area contributed by atoms with Crippen LogP contribution >= 0.6 is 0 Å². The number of carbonyl (C=O) groups excluding carboxylic acids is 5. The molecule has 0 aromatic heterocycles. The summed E-state index contributed by atoms with van der Waals surface area (Å²) in [6.07, 6.45) is 4.02. The molecule has 0 spiro atoms. The molecule has 1 N–H and O–H groups in total. The number of anilines is 1. The van der Waals surface area contributed by atoms with E-state index in [1.54, 1.807) is 26.1 Å². The van der Waals surface area contributed by atoms with Crippen LogP contribution in [-0.4, -0.2) is 61.9 Å². The highest BCUT2D eigenvalue weighted by molar-refractivity contribution is 6.02. The van der Waals surface area contributed by atoms with Crippen molar-refractivity contribution in [2.75, 3.05) is 25.0 Å². The Balaban J connectivity index is 2.13. The van der Waals surface area contributed by atoms with Gasteiger partial charge in [0.1, 0.15) is 6.29 Å².